The minimum Gasteiger partial charge on any atom is -0.494 e. The van der Waals surface area contributed by atoms with Gasteiger partial charge in [-0.2, -0.15) is 0 Å². The number of benzene rings is 3. The van der Waals surface area contributed by atoms with Gasteiger partial charge in [-0.1, -0.05) is 12.1 Å². The van der Waals surface area contributed by atoms with Crippen molar-refractivity contribution in [1.29, 1.82) is 0 Å². The molecule has 2 unspecified atom stereocenters. The van der Waals surface area contributed by atoms with Gasteiger partial charge in [-0.05, 0) is 67.4 Å². The number of esters is 1. The van der Waals surface area contributed by atoms with E-state index in [1.54, 1.807) is 30.3 Å². The number of alkyl halides is 3. The predicted octanol–water partition coefficient (Wildman–Crippen LogP) is 6.67. The molecule has 0 aliphatic rings. The lowest BCUT2D eigenvalue weighted by Gasteiger charge is -2.22. The van der Waals surface area contributed by atoms with Crippen LogP contribution in [0, 0.1) is 5.82 Å². The van der Waals surface area contributed by atoms with E-state index in [1.165, 1.54) is 38.5 Å². The maximum atomic E-state index is 13.7. The molecule has 1 N–H and O–H groups in total. The highest BCUT2D eigenvalue weighted by Gasteiger charge is 2.31. The molecule has 192 valence electrons. The molecule has 0 aromatic heterocycles. The second-order valence-electron chi connectivity index (χ2n) is 7.90. The van der Waals surface area contributed by atoms with Gasteiger partial charge >= 0.3 is 12.3 Å². The number of methoxy groups -OCH3 is 2. The summed E-state index contributed by atoms with van der Waals surface area (Å²) in [4.78, 5) is 12.5. The largest absolute Gasteiger partial charge is 0.573 e. The van der Waals surface area contributed by atoms with E-state index in [2.05, 4.69) is 10.1 Å². The molecular weight excluding hydrogens is 482 g/mol. The fourth-order valence-corrected chi connectivity index (χ4v) is 3.57. The van der Waals surface area contributed by atoms with Crippen molar-refractivity contribution in [2.45, 2.75) is 31.7 Å². The molecule has 6 nitrogen and oxygen atoms in total. The Morgan fingerprint density at radius 2 is 1.50 bits per heavy atom. The molecule has 36 heavy (non-hydrogen) atoms. The van der Waals surface area contributed by atoms with Crippen molar-refractivity contribution in [3.63, 3.8) is 0 Å². The third-order valence-corrected chi connectivity index (χ3v) is 5.21. The van der Waals surface area contributed by atoms with Crippen LogP contribution in [0.1, 0.15) is 24.8 Å². The normalized spacial score (nSPS) is 12.9. The van der Waals surface area contributed by atoms with Gasteiger partial charge in [0.2, 0.25) is 0 Å². The Morgan fingerprint density at radius 1 is 0.917 bits per heavy atom. The molecule has 0 heterocycles. The Bertz CT molecular complexity index is 1150. The Morgan fingerprint density at radius 3 is 2.06 bits per heavy atom. The van der Waals surface area contributed by atoms with Crippen LogP contribution in [0.3, 0.4) is 0 Å². The molecule has 0 amide bonds. The van der Waals surface area contributed by atoms with Crippen molar-refractivity contribution < 1.29 is 41.3 Å². The zero-order chi connectivity index (χ0) is 26.3. The number of nitrogens with one attached hydrogen (secondary N) is 1. The first-order valence-electron chi connectivity index (χ1n) is 10.9. The monoisotopic (exact) mass is 507 g/mol. The molecule has 0 spiro atoms. The van der Waals surface area contributed by atoms with Gasteiger partial charge in [0, 0.05) is 17.8 Å². The zero-order valence-electron chi connectivity index (χ0n) is 19.8. The molecule has 0 radical (unpaired) electrons. The van der Waals surface area contributed by atoms with Crippen LogP contribution < -0.4 is 19.5 Å². The van der Waals surface area contributed by atoms with E-state index < -0.39 is 24.1 Å². The zero-order valence-corrected chi connectivity index (χ0v) is 19.8. The Kier molecular flexibility index (Phi) is 8.63. The first kappa shape index (κ1) is 26.7. The topological polar surface area (TPSA) is 66.0 Å². The first-order valence-corrected chi connectivity index (χ1v) is 10.9. The van der Waals surface area contributed by atoms with E-state index in [1.807, 2.05) is 6.92 Å². The predicted molar refractivity (Wildman–Crippen MR) is 125 cm³/mol. The molecular formula is C26H25F4NO5. The van der Waals surface area contributed by atoms with E-state index in [0.717, 1.165) is 12.1 Å². The smallest absolute Gasteiger partial charge is 0.494 e. The Labute approximate surface area is 205 Å². The van der Waals surface area contributed by atoms with Gasteiger partial charge in [0.1, 0.15) is 17.2 Å². The first-order chi connectivity index (χ1) is 17.1. The molecule has 0 aliphatic carbocycles. The van der Waals surface area contributed by atoms with E-state index in [4.69, 9.17) is 14.2 Å². The fraction of sp³-hybridized carbons (Fsp3) is 0.269. The van der Waals surface area contributed by atoms with Crippen molar-refractivity contribution in [2.24, 2.45) is 0 Å². The standard InChI is InChI=1S/C26H25F4NO5/c1-16(31-18-6-13-23(27)24(15-18)33-2)14-22(25(32)34-3)17-4-7-19(8-5-17)35-20-9-11-21(12-10-20)36-26(28,29)30/h4-13,15-16,22,31H,14H2,1-3H3. The van der Waals surface area contributed by atoms with Crippen LogP contribution in [0.15, 0.2) is 66.7 Å². The van der Waals surface area contributed by atoms with Gasteiger partial charge < -0.3 is 24.3 Å². The second-order valence-corrected chi connectivity index (χ2v) is 7.90. The van der Waals surface area contributed by atoms with Crippen LogP contribution in [0.25, 0.3) is 0 Å². The van der Waals surface area contributed by atoms with E-state index in [0.29, 0.717) is 29.2 Å². The van der Waals surface area contributed by atoms with Gasteiger partial charge in [0.05, 0.1) is 20.1 Å². The van der Waals surface area contributed by atoms with Crippen molar-refractivity contribution in [3.05, 3.63) is 78.1 Å². The summed E-state index contributed by atoms with van der Waals surface area (Å²) in [6, 6.07) is 15.9. The van der Waals surface area contributed by atoms with Gasteiger partial charge in [0.25, 0.3) is 0 Å². The lowest BCUT2D eigenvalue weighted by molar-refractivity contribution is -0.274. The number of carbonyl (C=O) groups is 1. The van der Waals surface area contributed by atoms with Gasteiger partial charge in [-0.25, -0.2) is 4.39 Å². The third kappa shape index (κ3) is 7.53. The summed E-state index contributed by atoms with van der Waals surface area (Å²) in [6.07, 6.45) is -4.39. The molecule has 10 heteroatoms. The highest BCUT2D eigenvalue weighted by atomic mass is 19.4. The maximum absolute atomic E-state index is 13.7. The summed E-state index contributed by atoms with van der Waals surface area (Å²) in [5.41, 5.74) is 1.33. The van der Waals surface area contributed by atoms with Gasteiger partial charge in [0.15, 0.2) is 11.6 Å². The molecule has 0 fully saturated rings. The number of rotatable bonds is 10. The van der Waals surface area contributed by atoms with E-state index in [9.17, 15) is 22.4 Å². The number of carbonyl (C=O) groups excluding carboxylic acids is 1. The lowest BCUT2D eigenvalue weighted by atomic mass is 9.92. The molecule has 0 aliphatic heterocycles. The number of ether oxygens (including phenoxy) is 4. The average molecular weight is 507 g/mol. The molecule has 0 saturated heterocycles. The molecule has 3 rings (SSSR count). The highest BCUT2D eigenvalue weighted by molar-refractivity contribution is 5.78. The van der Waals surface area contributed by atoms with Crippen LogP contribution in [0.4, 0.5) is 23.2 Å². The van der Waals surface area contributed by atoms with Crippen LogP contribution in [0.2, 0.25) is 0 Å². The lowest BCUT2D eigenvalue weighted by Crippen LogP contribution is -2.24. The maximum Gasteiger partial charge on any atom is 0.573 e. The summed E-state index contributed by atoms with van der Waals surface area (Å²) in [6.45, 7) is 1.88. The van der Waals surface area contributed by atoms with Crippen molar-refractivity contribution >= 4 is 11.7 Å². The highest BCUT2D eigenvalue weighted by Crippen LogP contribution is 2.30. The number of anilines is 1. The van der Waals surface area contributed by atoms with Crippen molar-refractivity contribution in [1.82, 2.24) is 0 Å². The van der Waals surface area contributed by atoms with Crippen molar-refractivity contribution in [3.8, 4) is 23.0 Å². The van der Waals surface area contributed by atoms with E-state index in [-0.39, 0.29) is 17.5 Å². The quantitative estimate of drug-likeness (QED) is 0.244. The Hall–Kier alpha value is -3.95. The molecule has 3 aromatic carbocycles. The number of halogens is 4. The molecule has 3 aromatic rings. The minimum atomic E-state index is -4.77. The van der Waals surface area contributed by atoms with Crippen LogP contribution in [-0.4, -0.2) is 32.6 Å². The second kappa shape index (κ2) is 11.7. The van der Waals surface area contributed by atoms with Crippen LogP contribution in [0.5, 0.6) is 23.0 Å². The van der Waals surface area contributed by atoms with Crippen molar-refractivity contribution in [2.75, 3.05) is 19.5 Å². The third-order valence-electron chi connectivity index (χ3n) is 5.21. The van der Waals surface area contributed by atoms with Crippen LogP contribution >= 0.6 is 0 Å². The Balaban J connectivity index is 1.67. The van der Waals surface area contributed by atoms with Crippen LogP contribution in [-0.2, 0) is 9.53 Å². The SMILES string of the molecule is COC(=O)C(CC(C)Nc1ccc(F)c(OC)c1)c1ccc(Oc2ccc(OC(F)(F)F)cc2)cc1. The fourth-order valence-electron chi connectivity index (χ4n) is 3.57. The average Bonchev–Trinajstić information content (AvgIpc) is 2.84. The molecule has 2 atom stereocenters. The molecule has 0 bridgehead atoms. The summed E-state index contributed by atoms with van der Waals surface area (Å²) >= 11 is 0. The van der Waals surface area contributed by atoms with E-state index >= 15 is 0 Å². The van der Waals surface area contributed by atoms with Gasteiger partial charge in [-0.3, -0.25) is 4.79 Å². The summed E-state index contributed by atoms with van der Waals surface area (Å²) in [5, 5.41) is 3.23. The van der Waals surface area contributed by atoms with Gasteiger partial charge in [-0.15, -0.1) is 13.2 Å². The summed E-state index contributed by atoms with van der Waals surface area (Å²) in [7, 11) is 2.69. The number of hydrogen-bond acceptors (Lipinski definition) is 6. The number of hydrogen-bond donors (Lipinski definition) is 1. The molecule has 0 saturated carbocycles. The minimum absolute atomic E-state index is 0.106. The summed E-state index contributed by atoms with van der Waals surface area (Å²) < 4.78 is 70.1. The summed E-state index contributed by atoms with van der Waals surface area (Å²) in [5.74, 6) is -0.994.